The average molecular weight is 430 g/mol. The molecular formula is C23H18N4O5. The standard InChI is InChI=1S/C23H18N4O5/c1-13-3-7-15(8-4-13)26-23(29)19(12-24)18-11-17(14-5-9-16(32-2)10-6-14)21(27(30)31)22(28)20(18)25-26/h3-10,17,28H,11H2,1-2H3. The number of ether oxygens (including phenoxy) is 1. The molecule has 32 heavy (non-hydrogen) atoms. The Kier molecular flexibility index (Phi) is 5.20. The van der Waals surface area contributed by atoms with Gasteiger partial charge in [0, 0.05) is 5.56 Å². The maximum absolute atomic E-state index is 13.0. The molecule has 0 aliphatic heterocycles. The van der Waals surface area contributed by atoms with Crippen molar-refractivity contribution in [2.75, 3.05) is 7.11 Å². The maximum Gasteiger partial charge on any atom is 0.297 e. The van der Waals surface area contributed by atoms with E-state index in [9.17, 15) is 25.3 Å². The SMILES string of the molecule is COc1ccc(C2Cc3c(nn(-c4ccc(C)cc4)c(=O)c3C#N)C(O)=C2[N+](=O)[O-])cc1. The summed E-state index contributed by atoms with van der Waals surface area (Å²) >= 11 is 0. The van der Waals surface area contributed by atoms with Crippen LogP contribution in [0.2, 0.25) is 0 Å². The summed E-state index contributed by atoms with van der Waals surface area (Å²) in [5.74, 6) is -0.956. The summed E-state index contributed by atoms with van der Waals surface area (Å²) in [4.78, 5) is 24.3. The first-order valence-corrected chi connectivity index (χ1v) is 9.71. The van der Waals surface area contributed by atoms with Gasteiger partial charge in [-0.3, -0.25) is 14.9 Å². The third-order valence-electron chi connectivity index (χ3n) is 5.50. The van der Waals surface area contributed by atoms with Gasteiger partial charge in [0.15, 0.2) is 0 Å². The summed E-state index contributed by atoms with van der Waals surface area (Å²) in [6.45, 7) is 1.88. The van der Waals surface area contributed by atoms with E-state index in [0.717, 1.165) is 10.2 Å². The van der Waals surface area contributed by atoms with Crippen molar-refractivity contribution in [3.05, 3.63) is 103 Å². The van der Waals surface area contributed by atoms with Gasteiger partial charge >= 0.3 is 0 Å². The molecule has 0 radical (unpaired) electrons. The van der Waals surface area contributed by atoms with Crippen molar-refractivity contribution in [2.24, 2.45) is 0 Å². The van der Waals surface area contributed by atoms with Gasteiger partial charge in [-0.05, 0) is 43.2 Å². The Hall–Kier alpha value is -4.45. The van der Waals surface area contributed by atoms with E-state index < -0.39 is 27.9 Å². The molecule has 1 atom stereocenters. The summed E-state index contributed by atoms with van der Waals surface area (Å²) in [5, 5.41) is 36.7. The number of aryl methyl sites for hydroxylation is 1. The van der Waals surface area contributed by atoms with Crippen molar-refractivity contribution in [3.8, 4) is 17.5 Å². The highest BCUT2D eigenvalue weighted by molar-refractivity contribution is 5.67. The molecule has 0 fully saturated rings. The lowest BCUT2D eigenvalue weighted by molar-refractivity contribution is -0.430. The van der Waals surface area contributed by atoms with Crippen LogP contribution >= 0.6 is 0 Å². The van der Waals surface area contributed by atoms with Crippen LogP contribution in [0.4, 0.5) is 0 Å². The van der Waals surface area contributed by atoms with Crippen molar-refractivity contribution in [1.29, 1.82) is 5.26 Å². The number of nitrogens with zero attached hydrogens (tertiary/aromatic N) is 4. The summed E-state index contributed by atoms with van der Waals surface area (Å²) in [6, 6.07) is 15.3. The molecule has 9 nitrogen and oxygen atoms in total. The number of hydrogen-bond donors (Lipinski definition) is 1. The quantitative estimate of drug-likeness (QED) is 0.496. The third kappa shape index (κ3) is 3.37. The molecule has 0 amide bonds. The van der Waals surface area contributed by atoms with E-state index in [1.54, 1.807) is 48.5 Å². The highest BCUT2D eigenvalue weighted by Gasteiger charge is 2.40. The molecule has 2 aromatic carbocycles. The van der Waals surface area contributed by atoms with Crippen LogP contribution in [0.15, 0.2) is 59.0 Å². The molecule has 1 aliphatic rings. The van der Waals surface area contributed by atoms with Gasteiger partial charge in [0.25, 0.3) is 11.3 Å². The zero-order valence-electron chi connectivity index (χ0n) is 17.3. The van der Waals surface area contributed by atoms with Gasteiger partial charge in [-0.25, -0.2) is 0 Å². The van der Waals surface area contributed by atoms with Crippen LogP contribution in [-0.4, -0.2) is 26.9 Å². The minimum absolute atomic E-state index is 0.0259. The highest BCUT2D eigenvalue weighted by atomic mass is 16.6. The van der Waals surface area contributed by atoms with E-state index in [2.05, 4.69) is 5.10 Å². The van der Waals surface area contributed by atoms with Crippen molar-refractivity contribution in [2.45, 2.75) is 19.3 Å². The Balaban J connectivity index is 1.95. The molecule has 0 spiro atoms. The molecule has 160 valence electrons. The molecule has 0 saturated carbocycles. The van der Waals surface area contributed by atoms with Crippen molar-refractivity contribution < 1.29 is 14.8 Å². The topological polar surface area (TPSA) is 131 Å². The first kappa shape index (κ1) is 20.8. The Bertz CT molecular complexity index is 1350. The molecule has 0 saturated heterocycles. The fourth-order valence-corrected chi connectivity index (χ4v) is 3.84. The molecule has 1 aliphatic carbocycles. The van der Waals surface area contributed by atoms with Crippen LogP contribution < -0.4 is 10.3 Å². The number of aliphatic hydroxyl groups excluding tert-OH is 1. The average Bonchev–Trinajstić information content (AvgIpc) is 2.79. The monoisotopic (exact) mass is 430 g/mol. The summed E-state index contributed by atoms with van der Waals surface area (Å²) in [6.07, 6.45) is -0.0259. The van der Waals surface area contributed by atoms with E-state index in [1.807, 2.05) is 13.0 Å². The predicted octanol–water partition coefficient (Wildman–Crippen LogP) is 3.26. The number of aliphatic hydroxyl groups is 1. The predicted molar refractivity (Wildman–Crippen MR) is 115 cm³/mol. The van der Waals surface area contributed by atoms with Gasteiger partial charge < -0.3 is 9.84 Å². The largest absolute Gasteiger partial charge is 0.501 e. The fraction of sp³-hybridized carbons (Fsp3) is 0.174. The van der Waals surface area contributed by atoms with Gasteiger partial charge in [-0.2, -0.15) is 15.0 Å². The van der Waals surface area contributed by atoms with Crippen LogP contribution in [-0.2, 0) is 6.42 Å². The van der Waals surface area contributed by atoms with Gasteiger partial charge in [-0.15, -0.1) is 0 Å². The van der Waals surface area contributed by atoms with Gasteiger partial charge in [-0.1, -0.05) is 29.8 Å². The van der Waals surface area contributed by atoms with Crippen LogP contribution in [0.1, 0.15) is 33.9 Å². The normalized spacial score (nSPS) is 15.1. The molecular weight excluding hydrogens is 412 g/mol. The first-order valence-electron chi connectivity index (χ1n) is 9.71. The maximum atomic E-state index is 13.0. The van der Waals surface area contributed by atoms with Crippen molar-refractivity contribution in [3.63, 3.8) is 0 Å². The number of fused-ring (bicyclic) bond motifs is 1. The number of rotatable bonds is 4. The first-order chi connectivity index (χ1) is 15.3. The Labute approximate surface area is 182 Å². The van der Waals surface area contributed by atoms with Gasteiger partial charge in [0.1, 0.15) is 23.1 Å². The van der Waals surface area contributed by atoms with Crippen molar-refractivity contribution >= 4 is 5.76 Å². The number of methoxy groups -OCH3 is 1. The second kappa shape index (κ2) is 8.00. The molecule has 3 aromatic rings. The molecule has 1 unspecified atom stereocenters. The van der Waals surface area contributed by atoms with Gasteiger partial charge in [0.05, 0.1) is 23.6 Å². The van der Waals surface area contributed by atoms with Gasteiger partial charge in [0.2, 0.25) is 5.76 Å². The lowest BCUT2D eigenvalue weighted by atomic mass is 9.82. The zero-order valence-corrected chi connectivity index (χ0v) is 17.3. The minimum Gasteiger partial charge on any atom is -0.501 e. The Morgan fingerprint density at radius 3 is 2.44 bits per heavy atom. The second-order valence-corrected chi connectivity index (χ2v) is 7.39. The molecule has 9 heteroatoms. The Morgan fingerprint density at radius 2 is 1.88 bits per heavy atom. The molecule has 0 bridgehead atoms. The smallest absolute Gasteiger partial charge is 0.297 e. The minimum atomic E-state index is -0.869. The number of benzene rings is 2. The van der Waals surface area contributed by atoms with Crippen LogP contribution in [0.25, 0.3) is 11.4 Å². The molecule has 1 N–H and O–H groups in total. The third-order valence-corrected chi connectivity index (χ3v) is 5.50. The number of allylic oxidation sites excluding steroid dienone is 1. The van der Waals surface area contributed by atoms with E-state index in [0.29, 0.717) is 17.0 Å². The summed E-state index contributed by atoms with van der Waals surface area (Å²) in [7, 11) is 1.50. The summed E-state index contributed by atoms with van der Waals surface area (Å²) < 4.78 is 6.12. The lowest BCUT2D eigenvalue weighted by Gasteiger charge is -2.23. The highest BCUT2D eigenvalue weighted by Crippen LogP contribution is 2.39. The van der Waals surface area contributed by atoms with E-state index in [1.165, 1.54) is 7.11 Å². The Morgan fingerprint density at radius 1 is 1.22 bits per heavy atom. The van der Waals surface area contributed by atoms with Crippen LogP contribution in [0.5, 0.6) is 5.75 Å². The lowest BCUT2D eigenvalue weighted by Crippen LogP contribution is -2.31. The van der Waals surface area contributed by atoms with Crippen molar-refractivity contribution in [1.82, 2.24) is 9.78 Å². The number of aromatic nitrogens is 2. The van der Waals surface area contributed by atoms with E-state index in [4.69, 9.17) is 4.74 Å². The van der Waals surface area contributed by atoms with E-state index >= 15 is 0 Å². The molecule has 4 rings (SSSR count). The second-order valence-electron chi connectivity index (χ2n) is 7.39. The fourth-order valence-electron chi connectivity index (χ4n) is 3.84. The van der Waals surface area contributed by atoms with Crippen LogP contribution in [0.3, 0.4) is 0 Å². The molecule has 1 aromatic heterocycles. The molecule has 1 heterocycles. The van der Waals surface area contributed by atoms with Crippen LogP contribution in [0, 0.1) is 28.4 Å². The number of nitro groups is 1. The number of hydrogen-bond acceptors (Lipinski definition) is 7. The number of nitriles is 1. The van der Waals surface area contributed by atoms with E-state index in [-0.39, 0.29) is 23.2 Å². The summed E-state index contributed by atoms with van der Waals surface area (Å²) in [5.41, 5.74) is 0.634. The zero-order chi connectivity index (χ0) is 23.0.